The van der Waals surface area contributed by atoms with Crippen LogP contribution in [0.4, 0.5) is 5.69 Å². The molecule has 3 aliphatic rings. The van der Waals surface area contributed by atoms with Crippen molar-refractivity contribution in [2.75, 3.05) is 18.0 Å². The van der Waals surface area contributed by atoms with Gasteiger partial charge < -0.3 is 4.90 Å². The summed E-state index contributed by atoms with van der Waals surface area (Å²) in [6.07, 6.45) is 4.26. The zero-order chi connectivity index (χ0) is 13.9. The van der Waals surface area contributed by atoms with E-state index in [0.29, 0.717) is 17.5 Å². The molecule has 0 radical (unpaired) electrons. The quantitative estimate of drug-likeness (QED) is 0.776. The monoisotopic (exact) mass is 356 g/mol. The maximum Gasteiger partial charge on any atom is 0.245 e. The van der Waals surface area contributed by atoms with Crippen LogP contribution in [0.1, 0.15) is 25.7 Å². The largest absolute Gasteiger partial charge is 0.366 e. The Hall–Kier alpha value is -0.590. The third-order valence-electron chi connectivity index (χ3n) is 4.54. The minimum Gasteiger partial charge on any atom is -0.366 e. The number of fused-ring (bicyclic) bond motifs is 3. The molecule has 2 aliphatic heterocycles. The number of rotatable bonds is 1. The highest BCUT2D eigenvalue weighted by Crippen LogP contribution is 2.42. The van der Waals surface area contributed by atoms with Crippen molar-refractivity contribution in [3.05, 3.63) is 22.7 Å². The van der Waals surface area contributed by atoms with E-state index in [-0.39, 0.29) is 6.04 Å². The molecule has 1 aromatic rings. The van der Waals surface area contributed by atoms with E-state index in [1.165, 1.54) is 0 Å². The van der Waals surface area contributed by atoms with Gasteiger partial charge in [-0.3, -0.25) is 0 Å². The summed E-state index contributed by atoms with van der Waals surface area (Å²) >= 11 is 3.47. The molecule has 2 heterocycles. The third kappa shape index (κ3) is 1.92. The lowest BCUT2D eigenvalue weighted by atomic mass is 10.2. The topological polar surface area (TPSA) is 40.6 Å². The molecule has 1 aromatic carbocycles. The van der Waals surface area contributed by atoms with Crippen LogP contribution in [0.25, 0.3) is 0 Å². The van der Waals surface area contributed by atoms with E-state index in [1.54, 1.807) is 10.4 Å². The molecule has 20 heavy (non-hydrogen) atoms. The molecule has 4 nitrogen and oxygen atoms in total. The summed E-state index contributed by atoms with van der Waals surface area (Å²) in [7, 11) is -3.34. The summed E-state index contributed by atoms with van der Waals surface area (Å²) < 4.78 is 28.6. The lowest BCUT2D eigenvalue weighted by molar-refractivity contribution is 0.381. The molecule has 1 saturated carbocycles. The van der Waals surface area contributed by atoms with Gasteiger partial charge in [0, 0.05) is 29.6 Å². The van der Waals surface area contributed by atoms with Gasteiger partial charge in [-0.15, -0.1) is 0 Å². The molecule has 1 saturated heterocycles. The Morgan fingerprint density at radius 3 is 2.70 bits per heavy atom. The van der Waals surface area contributed by atoms with Gasteiger partial charge in [0.1, 0.15) is 4.90 Å². The minimum absolute atomic E-state index is 0.233. The van der Waals surface area contributed by atoms with Gasteiger partial charge in [0.2, 0.25) is 10.0 Å². The first-order valence-electron chi connectivity index (χ1n) is 7.15. The molecule has 0 unspecified atom stereocenters. The number of nitrogens with zero attached hydrogens (tertiary/aromatic N) is 2. The highest BCUT2D eigenvalue weighted by atomic mass is 79.9. The van der Waals surface area contributed by atoms with Gasteiger partial charge in [-0.2, -0.15) is 4.31 Å². The van der Waals surface area contributed by atoms with Crippen LogP contribution in [0.3, 0.4) is 0 Å². The summed E-state index contributed by atoms with van der Waals surface area (Å²) in [5.74, 6) is 0. The van der Waals surface area contributed by atoms with Crippen molar-refractivity contribution in [2.45, 2.75) is 42.7 Å². The van der Waals surface area contributed by atoms with Crippen LogP contribution in [-0.4, -0.2) is 37.9 Å². The normalized spacial score (nSPS) is 28.9. The first-order chi connectivity index (χ1) is 9.57. The molecule has 1 atom stereocenters. The van der Waals surface area contributed by atoms with Crippen LogP contribution in [0, 0.1) is 0 Å². The maximum absolute atomic E-state index is 12.9. The first-order valence-corrected chi connectivity index (χ1v) is 9.39. The molecule has 4 rings (SSSR count). The molecule has 1 aliphatic carbocycles. The highest BCUT2D eigenvalue weighted by molar-refractivity contribution is 9.10. The molecule has 0 N–H and O–H groups in total. The summed E-state index contributed by atoms with van der Waals surface area (Å²) in [5.41, 5.74) is 0.880. The van der Waals surface area contributed by atoms with Gasteiger partial charge in [-0.25, -0.2) is 8.42 Å². The van der Waals surface area contributed by atoms with Gasteiger partial charge in [0.05, 0.1) is 5.69 Å². The van der Waals surface area contributed by atoms with E-state index >= 15 is 0 Å². The van der Waals surface area contributed by atoms with Gasteiger partial charge in [0.25, 0.3) is 0 Å². The van der Waals surface area contributed by atoms with E-state index in [4.69, 9.17) is 0 Å². The Bertz CT molecular complexity index is 657. The second-order valence-electron chi connectivity index (χ2n) is 5.91. The maximum atomic E-state index is 12.9. The summed E-state index contributed by atoms with van der Waals surface area (Å²) in [4.78, 5) is 2.78. The van der Waals surface area contributed by atoms with E-state index in [0.717, 1.165) is 42.4 Å². The molecule has 108 valence electrons. The number of anilines is 1. The van der Waals surface area contributed by atoms with Crippen LogP contribution in [0.15, 0.2) is 27.6 Å². The summed E-state index contributed by atoms with van der Waals surface area (Å²) in [6, 6.07) is 6.11. The lowest BCUT2D eigenvalue weighted by Gasteiger charge is -2.26. The fourth-order valence-electron chi connectivity index (χ4n) is 3.42. The zero-order valence-electron chi connectivity index (χ0n) is 11.1. The van der Waals surface area contributed by atoms with Crippen LogP contribution >= 0.6 is 15.9 Å². The summed E-state index contributed by atoms with van der Waals surface area (Å²) in [5, 5.41) is 0. The molecule has 0 bridgehead atoms. The smallest absolute Gasteiger partial charge is 0.245 e. The molecule has 0 spiro atoms. The fraction of sp³-hybridized carbons (Fsp3) is 0.571. The van der Waals surface area contributed by atoms with Crippen LogP contribution in [0.5, 0.6) is 0 Å². The van der Waals surface area contributed by atoms with Crippen molar-refractivity contribution in [2.24, 2.45) is 0 Å². The average Bonchev–Trinajstić information content (AvgIpc) is 3.14. The number of hydrogen-bond donors (Lipinski definition) is 0. The number of sulfonamides is 1. The Labute approximate surface area is 127 Å². The SMILES string of the molecule is O=S1(=O)c2ccc(Br)cc2N2CCC[C@@H]2CN1C1CC1. The second kappa shape index (κ2) is 4.45. The molecular weight excluding hydrogens is 340 g/mol. The van der Waals surface area contributed by atoms with Crippen LogP contribution in [-0.2, 0) is 10.0 Å². The van der Waals surface area contributed by atoms with Crippen LogP contribution in [0.2, 0.25) is 0 Å². The number of halogens is 1. The Kier molecular flexibility index (Phi) is 2.91. The van der Waals surface area contributed by atoms with Crippen LogP contribution < -0.4 is 4.90 Å². The molecular formula is C14H17BrN2O2S. The van der Waals surface area contributed by atoms with Crippen molar-refractivity contribution in [3.8, 4) is 0 Å². The zero-order valence-corrected chi connectivity index (χ0v) is 13.5. The molecule has 2 fully saturated rings. The number of benzene rings is 1. The first kappa shape index (κ1) is 13.1. The molecule has 0 amide bonds. The van der Waals surface area contributed by atoms with Crippen molar-refractivity contribution >= 4 is 31.6 Å². The highest BCUT2D eigenvalue weighted by Gasteiger charge is 2.45. The second-order valence-corrected chi connectivity index (χ2v) is 8.68. The average molecular weight is 357 g/mol. The summed E-state index contributed by atoms with van der Waals surface area (Å²) in [6.45, 7) is 1.61. The standard InChI is InChI=1S/C14H17BrN2O2S/c15-10-3-6-14-13(8-10)16-7-1-2-12(16)9-17(11-4-5-11)20(14,18)19/h3,6,8,11-12H,1-2,4-5,7,9H2/t12-/m1/s1. The number of hydrogen-bond acceptors (Lipinski definition) is 3. The fourth-order valence-corrected chi connectivity index (χ4v) is 5.67. The van der Waals surface area contributed by atoms with Crippen molar-refractivity contribution < 1.29 is 8.42 Å². The van der Waals surface area contributed by atoms with E-state index in [1.807, 2.05) is 12.1 Å². The Balaban J connectivity index is 1.92. The van der Waals surface area contributed by atoms with Crippen molar-refractivity contribution in [1.82, 2.24) is 4.31 Å². The Morgan fingerprint density at radius 2 is 1.95 bits per heavy atom. The van der Waals surface area contributed by atoms with Gasteiger partial charge >= 0.3 is 0 Å². The lowest BCUT2D eigenvalue weighted by Crippen LogP contribution is -2.40. The Morgan fingerprint density at radius 1 is 1.15 bits per heavy atom. The molecule has 0 aromatic heterocycles. The minimum atomic E-state index is -3.34. The van der Waals surface area contributed by atoms with Crippen molar-refractivity contribution in [3.63, 3.8) is 0 Å². The predicted molar refractivity (Wildman–Crippen MR) is 81.4 cm³/mol. The van der Waals surface area contributed by atoms with Gasteiger partial charge in [-0.05, 0) is 43.9 Å². The van der Waals surface area contributed by atoms with E-state index in [9.17, 15) is 8.42 Å². The van der Waals surface area contributed by atoms with Gasteiger partial charge in [-0.1, -0.05) is 15.9 Å². The van der Waals surface area contributed by atoms with E-state index in [2.05, 4.69) is 20.8 Å². The predicted octanol–water partition coefficient (Wildman–Crippen LogP) is 2.58. The third-order valence-corrected chi connectivity index (χ3v) is 7.00. The van der Waals surface area contributed by atoms with Gasteiger partial charge in [0.15, 0.2) is 0 Å². The molecule has 6 heteroatoms. The van der Waals surface area contributed by atoms with E-state index < -0.39 is 10.0 Å². The van der Waals surface area contributed by atoms with Crippen molar-refractivity contribution in [1.29, 1.82) is 0 Å².